The summed E-state index contributed by atoms with van der Waals surface area (Å²) in [6.45, 7) is 2.02. The number of nitrogens with one attached hydrogen (secondary N) is 3. The fraction of sp³-hybridized carbons (Fsp3) is 0.236. The predicted molar refractivity (Wildman–Crippen MR) is 282 cm³/mol. The second-order valence-electron chi connectivity index (χ2n) is 17.7. The Hall–Kier alpha value is -7.59. The Balaban J connectivity index is 0.000000177. The first-order valence-electron chi connectivity index (χ1n) is 23.5. The molecule has 8 aromatic rings. The number of hydrogen-bond donors (Lipinski definition) is 4. The van der Waals surface area contributed by atoms with Crippen LogP contribution in [0.25, 0.3) is 21.8 Å². The van der Waals surface area contributed by atoms with E-state index in [9.17, 15) is 45.5 Å². The minimum Gasteiger partial charge on any atom is -0.347 e. The third kappa shape index (κ3) is 14.0. The summed E-state index contributed by atoms with van der Waals surface area (Å²) in [5.74, 6) is -10.9. The van der Waals surface area contributed by atoms with Crippen molar-refractivity contribution < 1.29 is 45.5 Å². The molecule has 0 unspecified atom stereocenters. The first kappa shape index (κ1) is 55.2. The monoisotopic (exact) mass is 1140 g/mol. The molecule has 5 N–H and O–H groups in total. The summed E-state index contributed by atoms with van der Waals surface area (Å²) in [7, 11) is 1.50. The molecule has 13 nitrogen and oxygen atoms in total. The number of benzene rings is 6. The van der Waals surface area contributed by atoms with E-state index in [1.54, 1.807) is 89.7 Å². The number of aromatic nitrogens is 4. The summed E-state index contributed by atoms with van der Waals surface area (Å²) >= 11 is 2.28. The Labute approximate surface area is 441 Å². The van der Waals surface area contributed by atoms with E-state index >= 15 is 0 Å². The molecule has 0 spiro atoms. The second kappa shape index (κ2) is 24.2. The van der Waals surface area contributed by atoms with Gasteiger partial charge in [0.2, 0.25) is 11.8 Å². The van der Waals surface area contributed by atoms with Gasteiger partial charge in [-0.1, -0.05) is 84.9 Å². The first-order valence-corrected chi connectivity index (χ1v) is 24.6. The highest BCUT2D eigenvalue weighted by Crippen LogP contribution is 2.39. The Morgan fingerprint density at radius 3 is 1.65 bits per heavy atom. The van der Waals surface area contributed by atoms with E-state index in [0.717, 1.165) is 44.1 Å². The fourth-order valence-corrected chi connectivity index (χ4v) is 9.22. The predicted octanol–water partition coefficient (Wildman–Crippen LogP) is 9.63. The van der Waals surface area contributed by atoms with Gasteiger partial charge in [0.1, 0.15) is 11.6 Å². The SMILES string of the molecule is CC(F)(F)C(=O)N[C@H]1CC(=O)N(c2ccc3c(cnn3Cc3cccc(F)c3)c2)[C@@H]1c1ccccc1.CC(F)(F)C(=O)N[C@H]1CC(=O)N[C@@H]1c1ccccc1.CN.Fc1cccc(Cn2ncc3cc(I)ccc32)c1. The van der Waals surface area contributed by atoms with Gasteiger partial charge in [0, 0.05) is 46.7 Å². The number of amides is 4. The van der Waals surface area contributed by atoms with Crippen molar-refractivity contribution in [2.75, 3.05) is 11.9 Å². The van der Waals surface area contributed by atoms with Gasteiger partial charge in [0.05, 0.1) is 60.7 Å². The number of carbonyl (C=O) groups excluding carboxylic acids is 4. The summed E-state index contributed by atoms with van der Waals surface area (Å²) in [6.07, 6.45) is 3.39. The van der Waals surface area contributed by atoms with Crippen LogP contribution in [0.1, 0.15) is 61.0 Å². The van der Waals surface area contributed by atoms with Crippen LogP contribution < -0.4 is 26.6 Å². The highest BCUT2D eigenvalue weighted by molar-refractivity contribution is 14.1. The number of alkyl halides is 4. The number of fused-ring (bicyclic) bond motifs is 2. The van der Waals surface area contributed by atoms with Crippen molar-refractivity contribution in [1.29, 1.82) is 0 Å². The molecular weight excluding hydrogens is 1090 g/mol. The molecule has 2 aliphatic heterocycles. The maximum Gasteiger partial charge on any atom is 0.321 e. The maximum absolute atomic E-state index is 13.6. The van der Waals surface area contributed by atoms with Gasteiger partial charge in [-0.3, -0.25) is 28.5 Å². The van der Waals surface area contributed by atoms with E-state index in [4.69, 9.17) is 0 Å². The lowest BCUT2D eigenvalue weighted by Crippen LogP contribution is -2.46. The number of nitrogens with two attached hydrogens (primary N) is 1. The average molecular weight is 1140 g/mol. The topological polar surface area (TPSA) is 169 Å². The van der Waals surface area contributed by atoms with Gasteiger partial charge >= 0.3 is 11.8 Å². The van der Waals surface area contributed by atoms with Crippen LogP contribution in [0.2, 0.25) is 0 Å². The molecular formula is C55H52F6IN9O4. The lowest BCUT2D eigenvalue weighted by atomic mass is 9.99. The minimum absolute atomic E-state index is 0.00137. The zero-order valence-corrected chi connectivity index (χ0v) is 42.9. The largest absolute Gasteiger partial charge is 0.347 e. The molecule has 4 atom stereocenters. The van der Waals surface area contributed by atoms with E-state index in [1.165, 1.54) is 33.7 Å². The Morgan fingerprint density at radius 2 is 1.13 bits per heavy atom. The molecule has 10 rings (SSSR count). The zero-order chi connectivity index (χ0) is 54.0. The number of halogens is 7. The van der Waals surface area contributed by atoms with Crippen molar-refractivity contribution in [2.45, 2.75) is 75.8 Å². The van der Waals surface area contributed by atoms with Gasteiger partial charge in [-0.25, -0.2) is 8.78 Å². The fourth-order valence-electron chi connectivity index (χ4n) is 8.70. The average Bonchev–Trinajstić information content (AvgIpc) is 4.16. The molecule has 6 aromatic carbocycles. The summed E-state index contributed by atoms with van der Waals surface area (Å²) in [6, 6.07) is 39.8. The van der Waals surface area contributed by atoms with Crippen LogP contribution in [0, 0.1) is 15.2 Å². The van der Waals surface area contributed by atoms with Crippen molar-refractivity contribution in [1.82, 2.24) is 35.5 Å². The van der Waals surface area contributed by atoms with Gasteiger partial charge in [-0.2, -0.15) is 27.8 Å². The van der Waals surface area contributed by atoms with Crippen molar-refractivity contribution in [3.63, 3.8) is 0 Å². The number of hydrogen-bond acceptors (Lipinski definition) is 7. The maximum atomic E-state index is 13.6. The minimum atomic E-state index is -3.56. The van der Waals surface area contributed by atoms with E-state index in [1.807, 2.05) is 53.3 Å². The highest BCUT2D eigenvalue weighted by Gasteiger charge is 2.45. The summed E-state index contributed by atoms with van der Waals surface area (Å²) in [5, 5.41) is 17.9. The van der Waals surface area contributed by atoms with Crippen molar-refractivity contribution in [3.05, 3.63) is 195 Å². The molecule has 0 saturated carbocycles. The molecule has 2 aromatic heterocycles. The number of rotatable bonds is 11. The van der Waals surface area contributed by atoms with Crippen LogP contribution in [0.15, 0.2) is 158 Å². The lowest BCUT2D eigenvalue weighted by Gasteiger charge is -2.29. The molecule has 4 amide bonds. The van der Waals surface area contributed by atoms with E-state index < -0.39 is 47.8 Å². The van der Waals surface area contributed by atoms with Gasteiger partial charge in [0.15, 0.2) is 0 Å². The molecule has 20 heteroatoms. The summed E-state index contributed by atoms with van der Waals surface area (Å²) in [5.41, 5.74) is 10.1. The van der Waals surface area contributed by atoms with Crippen LogP contribution in [0.5, 0.6) is 0 Å². The van der Waals surface area contributed by atoms with E-state index in [2.05, 4.69) is 60.5 Å². The number of anilines is 1. The second-order valence-corrected chi connectivity index (χ2v) is 19.0. The van der Waals surface area contributed by atoms with E-state index in [0.29, 0.717) is 32.6 Å². The van der Waals surface area contributed by atoms with Crippen LogP contribution in [0.4, 0.5) is 32.0 Å². The molecule has 0 aliphatic carbocycles. The molecule has 2 aliphatic rings. The Bertz CT molecular complexity index is 3280. The lowest BCUT2D eigenvalue weighted by molar-refractivity contribution is -0.144. The number of carbonyl (C=O) groups is 4. The summed E-state index contributed by atoms with van der Waals surface area (Å²) < 4.78 is 84.6. The molecule has 4 heterocycles. The quantitative estimate of drug-likeness (QED) is 0.0739. The third-order valence-corrected chi connectivity index (χ3v) is 12.8. The molecule has 0 radical (unpaired) electrons. The zero-order valence-electron chi connectivity index (χ0n) is 40.7. The van der Waals surface area contributed by atoms with Crippen LogP contribution in [-0.2, 0) is 32.3 Å². The number of nitrogens with zero attached hydrogens (tertiary/aromatic N) is 5. The summed E-state index contributed by atoms with van der Waals surface area (Å²) in [4.78, 5) is 49.5. The standard InChI is InChI=1S/C27H23F3N4O2.C14H10FIN2.C13H14F2N2O2.CH5N/c1-27(29,30)26(36)32-22-14-24(35)34(25(22)18-7-3-2-4-8-18)21-10-11-23-19(13-21)15-31-33(23)16-17-6-5-9-20(28)12-17;15-12-3-1-2-10(6-12)9-18-14-5-4-13(16)7-11(14)8-17-18;1-13(14,15)12(19)16-9-7-10(18)17-11(9)8-5-3-2-4-6-8;1-2/h2-13,15,22,25H,14,16H2,1H3,(H,32,36);1-8H,9H2;2-6,9,11H,7H2,1H3,(H,16,19)(H,17,18);2H2,1H3/t22-,25+;;9-,11+;/m0.0./s1. The van der Waals surface area contributed by atoms with Gasteiger partial charge in [-0.05, 0) is 113 Å². The van der Waals surface area contributed by atoms with Crippen molar-refractivity contribution in [2.24, 2.45) is 5.73 Å². The van der Waals surface area contributed by atoms with Gasteiger partial charge in [0.25, 0.3) is 11.8 Å². The van der Waals surface area contributed by atoms with Gasteiger partial charge < -0.3 is 26.6 Å². The smallest absolute Gasteiger partial charge is 0.321 e. The molecule has 75 heavy (non-hydrogen) atoms. The van der Waals surface area contributed by atoms with Crippen LogP contribution >= 0.6 is 22.6 Å². The molecule has 2 saturated heterocycles. The van der Waals surface area contributed by atoms with Gasteiger partial charge in [-0.15, -0.1) is 0 Å². The van der Waals surface area contributed by atoms with E-state index in [-0.39, 0.29) is 36.3 Å². The Morgan fingerprint density at radius 1 is 0.640 bits per heavy atom. The molecule has 0 bridgehead atoms. The highest BCUT2D eigenvalue weighted by atomic mass is 127. The normalized spacial score (nSPS) is 17.2. The van der Waals surface area contributed by atoms with Crippen molar-refractivity contribution in [3.8, 4) is 0 Å². The van der Waals surface area contributed by atoms with Crippen LogP contribution in [0.3, 0.4) is 0 Å². The molecule has 390 valence electrons. The Kier molecular flexibility index (Phi) is 17.8. The van der Waals surface area contributed by atoms with Crippen LogP contribution in [-0.4, -0.2) is 74.2 Å². The molecule has 2 fully saturated rings. The van der Waals surface area contributed by atoms with Crippen molar-refractivity contribution >= 4 is 73.7 Å². The third-order valence-electron chi connectivity index (χ3n) is 12.1. The first-order chi connectivity index (χ1) is 35.8.